The van der Waals surface area contributed by atoms with Crippen molar-refractivity contribution in [2.75, 3.05) is 0 Å². The molecule has 4 aromatic rings. The molecular weight excluding hydrogens is 298 g/mol. The van der Waals surface area contributed by atoms with Crippen molar-refractivity contribution >= 4 is 33.8 Å². The second kappa shape index (κ2) is 5.09. The van der Waals surface area contributed by atoms with Crippen LogP contribution < -0.4 is 0 Å². The van der Waals surface area contributed by atoms with E-state index in [9.17, 15) is 0 Å². The molecule has 0 saturated heterocycles. The van der Waals surface area contributed by atoms with E-state index in [4.69, 9.17) is 4.98 Å². The van der Waals surface area contributed by atoms with Gasteiger partial charge in [0.15, 0.2) is 11.5 Å². The number of hydrogen-bond donors (Lipinski definition) is 0. The van der Waals surface area contributed by atoms with Crippen molar-refractivity contribution in [3.8, 4) is 10.7 Å². The average molecular weight is 311 g/mol. The van der Waals surface area contributed by atoms with Crippen molar-refractivity contribution in [1.82, 2.24) is 14.5 Å². The quantitative estimate of drug-likeness (QED) is 0.554. The van der Waals surface area contributed by atoms with Gasteiger partial charge < -0.3 is 4.57 Å². The van der Waals surface area contributed by atoms with Crippen LogP contribution in [0.15, 0.2) is 48.0 Å². The lowest BCUT2D eigenvalue weighted by molar-refractivity contribution is 0.839. The molecule has 4 heterocycles. The molecule has 0 unspecified atom stereocenters. The van der Waals surface area contributed by atoms with E-state index in [1.54, 1.807) is 22.7 Å². The molecule has 104 valence electrons. The van der Waals surface area contributed by atoms with Crippen LogP contribution in [0.2, 0.25) is 0 Å². The first-order valence-corrected chi connectivity index (χ1v) is 8.41. The first kappa shape index (κ1) is 12.7. The minimum Gasteiger partial charge on any atom is -0.303 e. The van der Waals surface area contributed by atoms with Crippen LogP contribution >= 0.6 is 22.7 Å². The van der Waals surface area contributed by atoms with E-state index in [2.05, 4.69) is 46.1 Å². The summed E-state index contributed by atoms with van der Waals surface area (Å²) in [5.41, 5.74) is 1.90. The highest BCUT2D eigenvalue weighted by Crippen LogP contribution is 2.30. The van der Waals surface area contributed by atoms with E-state index in [1.165, 1.54) is 14.6 Å². The maximum atomic E-state index is 4.79. The molecule has 0 aliphatic rings. The second-order valence-electron chi connectivity index (χ2n) is 4.86. The Labute approximate surface area is 130 Å². The third-order valence-corrected chi connectivity index (χ3v) is 5.22. The highest BCUT2D eigenvalue weighted by molar-refractivity contribution is 7.15. The van der Waals surface area contributed by atoms with Crippen molar-refractivity contribution in [3.63, 3.8) is 0 Å². The molecule has 0 aliphatic carbocycles. The maximum absolute atomic E-state index is 4.79. The number of pyridine rings is 1. The van der Waals surface area contributed by atoms with Crippen molar-refractivity contribution < 1.29 is 0 Å². The van der Waals surface area contributed by atoms with Crippen molar-refractivity contribution in [3.05, 3.63) is 57.7 Å². The monoisotopic (exact) mass is 311 g/mol. The summed E-state index contributed by atoms with van der Waals surface area (Å²) in [4.78, 5) is 13.1. The van der Waals surface area contributed by atoms with Gasteiger partial charge >= 0.3 is 0 Å². The third-order valence-electron chi connectivity index (χ3n) is 3.36. The number of hydrogen-bond acceptors (Lipinski definition) is 4. The first-order valence-electron chi connectivity index (χ1n) is 6.72. The number of aromatic nitrogens is 3. The van der Waals surface area contributed by atoms with Gasteiger partial charge in [0.1, 0.15) is 5.52 Å². The number of fused-ring (bicyclic) bond motifs is 1. The molecule has 0 aromatic carbocycles. The molecule has 0 atom stereocenters. The SMILES string of the molecule is Cc1ccc(-c2nc3cccnc3n2Cc2cccs2)s1. The Hall–Kier alpha value is -1.98. The lowest BCUT2D eigenvalue weighted by Gasteiger charge is -2.05. The van der Waals surface area contributed by atoms with Crippen LogP contribution in [0.1, 0.15) is 9.75 Å². The maximum Gasteiger partial charge on any atom is 0.160 e. The summed E-state index contributed by atoms with van der Waals surface area (Å²) in [6.45, 7) is 2.94. The molecule has 0 saturated carbocycles. The van der Waals surface area contributed by atoms with Crippen LogP contribution in [-0.2, 0) is 6.54 Å². The molecule has 0 bridgehead atoms. The molecular formula is C16H13N3S2. The van der Waals surface area contributed by atoms with Gasteiger partial charge in [-0.2, -0.15) is 0 Å². The molecule has 21 heavy (non-hydrogen) atoms. The van der Waals surface area contributed by atoms with E-state index in [0.29, 0.717) is 0 Å². The van der Waals surface area contributed by atoms with E-state index in [0.717, 1.165) is 23.5 Å². The van der Waals surface area contributed by atoms with Crippen LogP contribution in [0.4, 0.5) is 0 Å². The van der Waals surface area contributed by atoms with Gasteiger partial charge in [-0.3, -0.25) is 0 Å². The minimum atomic E-state index is 0.817. The highest BCUT2D eigenvalue weighted by atomic mass is 32.1. The number of aryl methyl sites for hydroxylation is 1. The lowest BCUT2D eigenvalue weighted by atomic mass is 10.4. The summed E-state index contributed by atoms with van der Waals surface area (Å²) in [6, 6.07) is 12.5. The minimum absolute atomic E-state index is 0.817. The van der Waals surface area contributed by atoms with Gasteiger partial charge in [0.2, 0.25) is 0 Å². The highest BCUT2D eigenvalue weighted by Gasteiger charge is 2.15. The molecule has 0 aliphatic heterocycles. The van der Waals surface area contributed by atoms with Gasteiger partial charge in [-0.1, -0.05) is 6.07 Å². The zero-order chi connectivity index (χ0) is 14.2. The number of nitrogens with zero attached hydrogens (tertiary/aromatic N) is 3. The molecule has 0 radical (unpaired) electrons. The molecule has 3 nitrogen and oxygen atoms in total. The lowest BCUT2D eigenvalue weighted by Crippen LogP contribution is -2.01. The van der Waals surface area contributed by atoms with Crippen molar-refractivity contribution in [2.24, 2.45) is 0 Å². The number of imidazole rings is 1. The molecule has 0 amide bonds. The average Bonchev–Trinajstić information content (AvgIpc) is 3.20. The van der Waals surface area contributed by atoms with Gasteiger partial charge in [0, 0.05) is 16.0 Å². The number of thiophene rings is 2. The van der Waals surface area contributed by atoms with Crippen LogP contribution in [0.3, 0.4) is 0 Å². The van der Waals surface area contributed by atoms with Crippen molar-refractivity contribution in [1.29, 1.82) is 0 Å². The Balaban J connectivity index is 1.92. The molecule has 4 rings (SSSR count). The third kappa shape index (κ3) is 2.28. The standard InChI is InChI=1S/C16H13N3S2/c1-11-6-7-14(21-11)16-18-13-5-2-8-17-15(13)19(16)10-12-4-3-9-20-12/h2-9H,10H2,1H3. The van der Waals surface area contributed by atoms with Gasteiger partial charge in [0.05, 0.1) is 11.4 Å². The second-order valence-corrected chi connectivity index (χ2v) is 7.18. The molecule has 4 aromatic heterocycles. The Morgan fingerprint density at radius 2 is 2.10 bits per heavy atom. The largest absolute Gasteiger partial charge is 0.303 e. The summed E-state index contributed by atoms with van der Waals surface area (Å²) >= 11 is 3.54. The molecule has 0 spiro atoms. The summed E-state index contributed by atoms with van der Waals surface area (Å²) in [6.07, 6.45) is 1.83. The Morgan fingerprint density at radius 3 is 2.86 bits per heavy atom. The van der Waals surface area contributed by atoms with Crippen molar-refractivity contribution in [2.45, 2.75) is 13.5 Å². The van der Waals surface area contributed by atoms with Crippen LogP contribution in [-0.4, -0.2) is 14.5 Å². The first-order chi connectivity index (χ1) is 10.3. The van der Waals surface area contributed by atoms with E-state index >= 15 is 0 Å². The molecule has 0 fully saturated rings. The zero-order valence-electron chi connectivity index (χ0n) is 11.5. The predicted molar refractivity (Wildman–Crippen MR) is 89.0 cm³/mol. The molecule has 0 N–H and O–H groups in total. The summed E-state index contributed by atoms with van der Waals surface area (Å²) in [5.74, 6) is 1.01. The smallest absolute Gasteiger partial charge is 0.160 e. The summed E-state index contributed by atoms with van der Waals surface area (Å²) in [5, 5.41) is 2.11. The van der Waals surface area contributed by atoms with Gasteiger partial charge in [-0.05, 0) is 42.6 Å². The van der Waals surface area contributed by atoms with Gasteiger partial charge in [-0.25, -0.2) is 9.97 Å². The number of rotatable bonds is 3. The fraction of sp³-hybridized carbons (Fsp3) is 0.125. The Kier molecular flexibility index (Phi) is 3.09. The van der Waals surface area contributed by atoms with Crippen LogP contribution in [0, 0.1) is 6.92 Å². The van der Waals surface area contributed by atoms with E-state index in [1.807, 2.05) is 18.3 Å². The van der Waals surface area contributed by atoms with Gasteiger partial charge in [0.25, 0.3) is 0 Å². The topological polar surface area (TPSA) is 30.7 Å². The summed E-state index contributed by atoms with van der Waals surface area (Å²) < 4.78 is 2.21. The van der Waals surface area contributed by atoms with E-state index < -0.39 is 0 Å². The van der Waals surface area contributed by atoms with Crippen LogP contribution in [0.5, 0.6) is 0 Å². The van der Waals surface area contributed by atoms with Gasteiger partial charge in [-0.15, -0.1) is 22.7 Å². The molecule has 5 heteroatoms. The Bertz CT molecular complexity index is 887. The Morgan fingerprint density at radius 1 is 1.14 bits per heavy atom. The van der Waals surface area contributed by atoms with Crippen LogP contribution in [0.25, 0.3) is 21.9 Å². The van der Waals surface area contributed by atoms with E-state index in [-0.39, 0.29) is 0 Å². The fourth-order valence-electron chi connectivity index (χ4n) is 2.41. The summed E-state index contributed by atoms with van der Waals surface area (Å²) in [7, 11) is 0. The zero-order valence-corrected chi connectivity index (χ0v) is 13.1. The predicted octanol–water partition coefficient (Wildman–Crippen LogP) is 4.58. The fourth-order valence-corrected chi connectivity index (χ4v) is 3.97. The normalized spacial score (nSPS) is 11.3.